The molecule has 0 saturated heterocycles. The summed E-state index contributed by atoms with van der Waals surface area (Å²) in [5, 5.41) is 2.91. The molecule has 0 fully saturated rings. The molecule has 28 heavy (non-hydrogen) atoms. The number of aromatic amines is 1. The number of carbonyl (C=O) groups excluding carboxylic acids is 1. The van der Waals surface area contributed by atoms with Crippen LogP contribution in [0, 0.1) is 6.92 Å². The van der Waals surface area contributed by atoms with Crippen LogP contribution in [0.5, 0.6) is 5.75 Å². The van der Waals surface area contributed by atoms with Gasteiger partial charge in [0, 0.05) is 58.9 Å². The number of nitrogens with zero attached hydrogens (tertiary/aromatic N) is 3. The van der Waals surface area contributed by atoms with Gasteiger partial charge in [0.25, 0.3) is 11.5 Å². The minimum atomic E-state index is -0.305. The molecule has 7 nitrogen and oxygen atoms in total. The zero-order valence-corrected chi connectivity index (χ0v) is 16.3. The topological polar surface area (TPSA) is 79.7 Å². The van der Waals surface area contributed by atoms with E-state index < -0.39 is 0 Å². The summed E-state index contributed by atoms with van der Waals surface area (Å²) in [6.07, 6.45) is 2.12. The number of hydrogen-bond donors (Lipinski definition) is 1. The van der Waals surface area contributed by atoms with Crippen LogP contribution in [0.2, 0.25) is 0 Å². The standard InChI is InChI=1S/C20H18N4O3S/c1-11-10-28-20-21-8-14(19(26)24(11)20)18(25)23-6-5-17-15(9-23)13-7-12(27-2)3-4-16(13)22-17/h3-4,7-8,10,22H,5-6,9H2,1-2H3. The highest BCUT2D eigenvalue weighted by atomic mass is 32.1. The maximum Gasteiger partial charge on any atom is 0.271 e. The highest BCUT2D eigenvalue weighted by molar-refractivity contribution is 7.15. The molecule has 0 saturated carbocycles. The molecule has 8 heteroatoms. The fraction of sp³-hybridized carbons (Fsp3) is 0.250. The maximum atomic E-state index is 13.1. The number of rotatable bonds is 2. The van der Waals surface area contributed by atoms with E-state index in [2.05, 4.69) is 9.97 Å². The summed E-state index contributed by atoms with van der Waals surface area (Å²) in [6, 6.07) is 5.89. The monoisotopic (exact) mass is 394 g/mol. The van der Waals surface area contributed by atoms with E-state index in [1.807, 2.05) is 30.5 Å². The quantitative estimate of drug-likeness (QED) is 0.567. The smallest absolute Gasteiger partial charge is 0.271 e. The molecule has 4 aromatic rings. The number of carbonyl (C=O) groups is 1. The largest absolute Gasteiger partial charge is 0.497 e. The van der Waals surface area contributed by atoms with Gasteiger partial charge in [-0.2, -0.15) is 0 Å². The van der Waals surface area contributed by atoms with Gasteiger partial charge in [-0.1, -0.05) is 0 Å². The van der Waals surface area contributed by atoms with Gasteiger partial charge in [-0.05, 0) is 25.1 Å². The van der Waals surface area contributed by atoms with Crippen LogP contribution < -0.4 is 10.3 Å². The molecule has 1 N–H and O–H groups in total. The van der Waals surface area contributed by atoms with Crippen LogP contribution in [0.1, 0.15) is 27.3 Å². The van der Waals surface area contributed by atoms with Crippen molar-refractivity contribution in [3.63, 3.8) is 0 Å². The van der Waals surface area contributed by atoms with Gasteiger partial charge in [-0.15, -0.1) is 11.3 Å². The summed E-state index contributed by atoms with van der Waals surface area (Å²) in [5.41, 5.74) is 3.83. The van der Waals surface area contributed by atoms with E-state index in [4.69, 9.17) is 4.74 Å². The molecular formula is C20H18N4O3S. The summed E-state index contributed by atoms with van der Waals surface area (Å²) in [6.45, 7) is 2.85. The van der Waals surface area contributed by atoms with Crippen LogP contribution in [-0.2, 0) is 13.0 Å². The van der Waals surface area contributed by atoms with Crippen molar-refractivity contribution in [2.24, 2.45) is 0 Å². The molecule has 5 rings (SSSR count). The number of amides is 1. The molecule has 4 heterocycles. The molecule has 3 aromatic heterocycles. The van der Waals surface area contributed by atoms with Crippen molar-refractivity contribution in [1.29, 1.82) is 0 Å². The molecule has 142 valence electrons. The van der Waals surface area contributed by atoms with Crippen molar-refractivity contribution in [2.45, 2.75) is 19.9 Å². The predicted octanol–water partition coefficient (Wildman–Crippen LogP) is 2.75. The molecule has 1 aromatic carbocycles. The highest BCUT2D eigenvalue weighted by Crippen LogP contribution is 2.30. The molecule has 1 aliphatic rings. The van der Waals surface area contributed by atoms with E-state index in [0.29, 0.717) is 24.5 Å². The molecule has 0 atom stereocenters. The highest BCUT2D eigenvalue weighted by Gasteiger charge is 2.27. The van der Waals surface area contributed by atoms with Gasteiger partial charge >= 0.3 is 0 Å². The van der Waals surface area contributed by atoms with Crippen molar-refractivity contribution in [3.8, 4) is 5.75 Å². The van der Waals surface area contributed by atoms with Crippen molar-refractivity contribution in [1.82, 2.24) is 19.3 Å². The summed E-state index contributed by atoms with van der Waals surface area (Å²) in [7, 11) is 1.64. The average Bonchev–Trinajstić information content (AvgIpc) is 3.27. The number of methoxy groups -OCH3 is 1. The van der Waals surface area contributed by atoms with E-state index >= 15 is 0 Å². The predicted molar refractivity (Wildman–Crippen MR) is 107 cm³/mol. The lowest BCUT2D eigenvalue weighted by molar-refractivity contribution is 0.0732. The molecule has 0 aliphatic carbocycles. The van der Waals surface area contributed by atoms with Crippen molar-refractivity contribution >= 4 is 33.1 Å². The zero-order valence-electron chi connectivity index (χ0n) is 15.5. The first-order valence-electron chi connectivity index (χ1n) is 8.99. The third-order valence-electron chi connectivity index (χ3n) is 5.32. The van der Waals surface area contributed by atoms with E-state index in [9.17, 15) is 9.59 Å². The van der Waals surface area contributed by atoms with E-state index in [1.165, 1.54) is 21.9 Å². The second-order valence-corrected chi connectivity index (χ2v) is 7.78. The van der Waals surface area contributed by atoms with E-state index in [1.54, 1.807) is 12.0 Å². The molecule has 0 spiro atoms. The van der Waals surface area contributed by atoms with Crippen LogP contribution in [-0.4, -0.2) is 38.8 Å². The first kappa shape index (κ1) is 17.0. The zero-order chi connectivity index (χ0) is 19.4. The number of fused-ring (bicyclic) bond motifs is 4. The molecule has 0 unspecified atom stereocenters. The molecule has 0 bridgehead atoms. The number of benzene rings is 1. The van der Waals surface area contributed by atoms with Gasteiger partial charge in [-0.25, -0.2) is 4.98 Å². The summed E-state index contributed by atoms with van der Waals surface area (Å²) < 4.78 is 6.84. The minimum Gasteiger partial charge on any atom is -0.497 e. The van der Waals surface area contributed by atoms with Crippen LogP contribution in [0.15, 0.2) is 34.6 Å². The number of ether oxygens (including phenoxy) is 1. The summed E-state index contributed by atoms with van der Waals surface area (Å²) in [5.74, 6) is 0.499. The Hall–Kier alpha value is -3.13. The number of thiazole rings is 1. The lowest BCUT2D eigenvalue weighted by atomic mass is 10.0. The van der Waals surface area contributed by atoms with Crippen LogP contribution in [0.25, 0.3) is 15.9 Å². The van der Waals surface area contributed by atoms with Gasteiger partial charge in [-0.3, -0.25) is 14.0 Å². The lowest BCUT2D eigenvalue weighted by Crippen LogP contribution is -2.39. The third-order valence-corrected chi connectivity index (χ3v) is 6.27. The SMILES string of the molecule is COc1ccc2[nH]c3c(c2c1)CN(C(=O)c1cnc2scc(C)n2c1=O)CC3. The summed E-state index contributed by atoms with van der Waals surface area (Å²) >= 11 is 1.39. The molecule has 0 radical (unpaired) electrons. The number of nitrogens with one attached hydrogen (secondary N) is 1. The van der Waals surface area contributed by atoms with Gasteiger partial charge in [0.15, 0.2) is 4.96 Å². The van der Waals surface area contributed by atoms with Crippen molar-refractivity contribution in [3.05, 3.63) is 62.6 Å². The van der Waals surface area contributed by atoms with Crippen LogP contribution in [0.3, 0.4) is 0 Å². The second-order valence-electron chi connectivity index (χ2n) is 6.94. The Labute approximate surface area is 164 Å². The number of aromatic nitrogens is 3. The Balaban J connectivity index is 1.54. The van der Waals surface area contributed by atoms with Gasteiger partial charge in [0.2, 0.25) is 0 Å². The second kappa shape index (κ2) is 6.20. The van der Waals surface area contributed by atoms with Crippen LogP contribution >= 0.6 is 11.3 Å². The van der Waals surface area contributed by atoms with E-state index in [0.717, 1.165) is 33.6 Å². The summed E-state index contributed by atoms with van der Waals surface area (Å²) in [4.78, 5) is 36.0. The first-order valence-corrected chi connectivity index (χ1v) is 9.87. The Morgan fingerprint density at radius 3 is 3.04 bits per heavy atom. The number of H-pyrrole nitrogens is 1. The first-order chi connectivity index (χ1) is 13.6. The van der Waals surface area contributed by atoms with E-state index in [-0.39, 0.29) is 17.0 Å². The Kier molecular flexibility index (Phi) is 3.77. The third kappa shape index (κ3) is 2.45. The maximum absolute atomic E-state index is 13.1. The molecular weight excluding hydrogens is 376 g/mol. The van der Waals surface area contributed by atoms with Crippen LogP contribution in [0.4, 0.5) is 0 Å². The molecule has 1 aliphatic heterocycles. The Morgan fingerprint density at radius 2 is 2.21 bits per heavy atom. The average molecular weight is 394 g/mol. The van der Waals surface area contributed by atoms with Gasteiger partial charge in [0.05, 0.1) is 7.11 Å². The fourth-order valence-electron chi connectivity index (χ4n) is 3.84. The van der Waals surface area contributed by atoms with Gasteiger partial charge < -0.3 is 14.6 Å². The minimum absolute atomic E-state index is 0.111. The number of hydrogen-bond acceptors (Lipinski definition) is 5. The number of aryl methyl sites for hydroxylation is 1. The Bertz CT molecular complexity index is 1300. The van der Waals surface area contributed by atoms with Crippen molar-refractivity contribution in [2.75, 3.05) is 13.7 Å². The fourth-order valence-corrected chi connectivity index (χ4v) is 4.66. The van der Waals surface area contributed by atoms with Gasteiger partial charge in [0.1, 0.15) is 11.3 Å². The Morgan fingerprint density at radius 1 is 1.36 bits per heavy atom. The lowest BCUT2D eigenvalue weighted by Gasteiger charge is -2.27. The van der Waals surface area contributed by atoms with Crippen molar-refractivity contribution < 1.29 is 9.53 Å². The normalized spacial score (nSPS) is 13.9. The molecule has 1 amide bonds.